The van der Waals surface area contributed by atoms with Gasteiger partial charge in [-0.05, 0) is 73.5 Å². The number of hydrogen-bond acceptors (Lipinski definition) is 7. The molecule has 0 radical (unpaired) electrons. The number of amides is 2. The summed E-state index contributed by atoms with van der Waals surface area (Å²) in [5.74, 6) is -0.716. The third kappa shape index (κ3) is 10.1. The molecule has 0 heterocycles. The molecule has 0 bridgehead atoms. The highest BCUT2D eigenvalue weighted by Gasteiger charge is 2.11. The van der Waals surface area contributed by atoms with E-state index in [9.17, 15) is 19.2 Å². The molecule has 0 aromatic heterocycles. The molecule has 0 atom stereocenters. The van der Waals surface area contributed by atoms with Crippen molar-refractivity contribution in [2.45, 2.75) is 32.6 Å². The topological polar surface area (TPSA) is 120 Å². The van der Waals surface area contributed by atoms with Gasteiger partial charge in [0.2, 0.25) is 5.91 Å². The van der Waals surface area contributed by atoms with Gasteiger partial charge in [-0.1, -0.05) is 30.7 Å². The molecule has 0 fully saturated rings. The number of para-hydroxylation sites is 1. The Morgan fingerprint density at radius 2 is 1.41 bits per heavy atom. The van der Waals surface area contributed by atoms with Gasteiger partial charge in [0.05, 0.1) is 17.2 Å². The number of carbonyl (C=O) groups is 4. The molecule has 0 saturated carbocycles. The number of anilines is 2. The highest BCUT2D eigenvalue weighted by molar-refractivity contribution is 6.32. The van der Waals surface area contributed by atoms with Crippen LogP contribution in [0.15, 0.2) is 72.8 Å². The molecule has 0 aliphatic rings. The van der Waals surface area contributed by atoms with E-state index in [2.05, 4.69) is 10.6 Å². The van der Waals surface area contributed by atoms with Gasteiger partial charge in [0.1, 0.15) is 11.5 Å². The van der Waals surface area contributed by atoms with E-state index in [1.54, 1.807) is 48.5 Å². The van der Waals surface area contributed by atoms with Gasteiger partial charge in [-0.3, -0.25) is 14.4 Å². The van der Waals surface area contributed by atoms with Gasteiger partial charge in [0.15, 0.2) is 6.61 Å². The van der Waals surface area contributed by atoms with E-state index >= 15 is 0 Å². The minimum atomic E-state index is -0.590. The first kappa shape index (κ1) is 29.2. The van der Waals surface area contributed by atoms with E-state index in [0.29, 0.717) is 40.1 Å². The zero-order valence-electron chi connectivity index (χ0n) is 21.4. The fraction of sp³-hybridized carbons (Fsp3) is 0.241. The van der Waals surface area contributed by atoms with Gasteiger partial charge in [0.25, 0.3) is 5.91 Å². The maximum Gasteiger partial charge on any atom is 0.338 e. The van der Waals surface area contributed by atoms with Crippen LogP contribution >= 0.6 is 11.6 Å². The summed E-state index contributed by atoms with van der Waals surface area (Å²) in [6.45, 7) is 1.77. The van der Waals surface area contributed by atoms with Crippen molar-refractivity contribution in [3.63, 3.8) is 0 Å². The Kier molecular flexibility index (Phi) is 11.3. The van der Waals surface area contributed by atoms with Gasteiger partial charge in [-0.2, -0.15) is 0 Å². The normalized spacial score (nSPS) is 10.3. The molecule has 2 amide bonds. The maximum atomic E-state index is 12.2. The van der Waals surface area contributed by atoms with Crippen LogP contribution in [0, 0.1) is 0 Å². The van der Waals surface area contributed by atoms with Crippen LogP contribution in [0.5, 0.6) is 11.5 Å². The molecule has 39 heavy (non-hydrogen) atoms. The number of rotatable bonds is 13. The van der Waals surface area contributed by atoms with Crippen molar-refractivity contribution in [1.29, 1.82) is 0 Å². The molecule has 3 rings (SSSR count). The van der Waals surface area contributed by atoms with Crippen LogP contribution in [0.25, 0.3) is 0 Å². The van der Waals surface area contributed by atoms with Gasteiger partial charge < -0.3 is 24.8 Å². The van der Waals surface area contributed by atoms with Crippen molar-refractivity contribution >= 4 is 46.7 Å². The molecular formula is C29H29ClN2O7. The molecule has 0 saturated heterocycles. The lowest BCUT2D eigenvalue weighted by molar-refractivity contribution is -0.147. The Hall–Kier alpha value is -4.37. The van der Waals surface area contributed by atoms with Crippen molar-refractivity contribution in [2.24, 2.45) is 0 Å². The quantitative estimate of drug-likeness (QED) is 0.250. The molecule has 3 aromatic carbocycles. The van der Waals surface area contributed by atoms with Crippen LogP contribution in [-0.2, 0) is 23.9 Å². The lowest BCUT2D eigenvalue weighted by Gasteiger charge is -2.09. The number of ether oxygens (including phenoxy) is 3. The number of hydrogen-bond donors (Lipinski definition) is 2. The Bertz CT molecular complexity index is 1280. The minimum absolute atomic E-state index is 0.0140. The number of benzene rings is 3. The first-order valence-corrected chi connectivity index (χ1v) is 12.8. The number of esters is 2. The zero-order chi connectivity index (χ0) is 28.0. The number of halogens is 1. The standard InChI is InChI=1S/C29H29ClN2O7/c1-2-18-37-29(36)20-10-12-21(13-11-20)32-27(34)19-38-28(35)9-5-8-26(33)31-22-14-16-23(17-15-22)39-25-7-4-3-6-24(25)30/h3-4,6-7,10-17H,2,5,8-9,18-19H2,1H3,(H,31,33)(H,32,34). The SMILES string of the molecule is CCCOC(=O)c1ccc(NC(=O)COC(=O)CCCC(=O)Nc2ccc(Oc3ccccc3Cl)cc2)cc1. The molecule has 204 valence electrons. The van der Waals surface area contributed by atoms with Crippen LogP contribution in [0.3, 0.4) is 0 Å². The second-order valence-corrected chi connectivity index (χ2v) is 8.79. The third-order valence-electron chi connectivity index (χ3n) is 5.19. The Morgan fingerprint density at radius 3 is 2.08 bits per heavy atom. The largest absolute Gasteiger partial charge is 0.462 e. The fourth-order valence-corrected chi connectivity index (χ4v) is 3.43. The van der Waals surface area contributed by atoms with Crippen molar-refractivity contribution in [2.75, 3.05) is 23.8 Å². The molecule has 0 aliphatic heterocycles. The molecule has 0 spiro atoms. The summed E-state index contributed by atoms with van der Waals surface area (Å²) >= 11 is 6.09. The van der Waals surface area contributed by atoms with Crippen LogP contribution in [0.1, 0.15) is 43.0 Å². The molecule has 10 heteroatoms. The van der Waals surface area contributed by atoms with Gasteiger partial charge in [-0.15, -0.1) is 0 Å². The highest BCUT2D eigenvalue weighted by atomic mass is 35.5. The van der Waals surface area contributed by atoms with E-state index in [4.69, 9.17) is 25.8 Å². The van der Waals surface area contributed by atoms with Crippen molar-refractivity contribution in [3.8, 4) is 11.5 Å². The average Bonchev–Trinajstić information content (AvgIpc) is 2.93. The van der Waals surface area contributed by atoms with E-state index in [0.717, 1.165) is 6.42 Å². The lowest BCUT2D eigenvalue weighted by Crippen LogP contribution is -2.21. The summed E-state index contributed by atoms with van der Waals surface area (Å²) < 4.78 is 15.7. The van der Waals surface area contributed by atoms with E-state index < -0.39 is 24.5 Å². The molecule has 0 unspecified atom stereocenters. The van der Waals surface area contributed by atoms with Crippen LogP contribution < -0.4 is 15.4 Å². The molecule has 9 nitrogen and oxygen atoms in total. The van der Waals surface area contributed by atoms with Crippen molar-refractivity contribution < 1.29 is 33.4 Å². The number of carbonyl (C=O) groups excluding carboxylic acids is 4. The van der Waals surface area contributed by atoms with E-state index in [1.165, 1.54) is 12.1 Å². The maximum absolute atomic E-state index is 12.2. The fourth-order valence-electron chi connectivity index (χ4n) is 3.26. The van der Waals surface area contributed by atoms with Gasteiger partial charge >= 0.3 is 11.9 Å². The third-order valence-corrected chi connectivity index (χ3v) is 5.51. The van der Waals surface area contributed by atoms with Crippen LogP contribution in [0.4, 0.5) is 11.4 Å². The lowest BCUT2D eigenvalue weighted by atomic mass is 10.2. The predicted molar refractivity (Wildman–Crippen MR) is 147 cm³/mol. The second kappa shape index (κ2) is 15.1. The van der Waals surface area contributed by atoms with Gasteiger partial charge in [0, 0.05) is 24.2 Å². The summed E-state index contributed by atoms with van der Waals surface area (Å²) in [5.41, 5.74) is 1.40. The second-order valence-electron chi connectivity index (χ2n) is 8.38. The van der Waals surface area contributed by atoms with E-state index in [-0.39, 0.29) is 25.2 Å². The zero-order valence-corrected chi connectivity index (χ0v) is 22.2. The summed E-state index contributed by atoms with van der Waals surface area (Å²) in [4.78, 5) is 48.0. The highest BCUT2D eigenvalue weighted by Crippen LogP contribution is 2.29. The summed E-state index contributed by atoms with van der Waals surface area (Å²) in [5, 5.41) is 5.82. The summed E-state index contributed by atoms with van der Waals surface area (Å²) in [6.07, 6.45) is 1.07. The molecule has 3 aromatic rings. The average molecular weight is 553 g/mol. The first-order chi connectivity index (χ1) is 18.8. The van der Waals surface area contributed by atoms with Crippen molar-refractivity contribution in [1.82, 2.24) is 0 Å². The first-order valence-electron chi connectivity index (χ1n) is 12.4. The predicted octanol–water partition coefficient (Wildman–Crippen LogP) is 5.99. The molecule has 2 N–H and O–H groups in total. The summed E-state index contributed by atoms with van der Waals surface area (Å²) in [6, 6.07) is 20.1. The monoisotopic (exact) mass is 552 g/mol. The molecular weight excluding hydrogens is 524 g/mol. The Morgan fingerprint density at radius 1 is 0.769 bits per heavy atom. The summed E-state index contributed by atoms with van der Waals surface area (Å²) in [7, 11) is 0. The van der Waals surface area contributed by atoms with Gasteiger partial charge in [-0.25, -0.2) is 4.79 Å². The van der Waals surface area contributed by atoms with Crippen LogP contribution in [0.2, 0.25) is 5.02 Å². The Labute approximate surface area is 231 Å². The van der Waals surface area contributed by atoms with Crippen LogP contribution in [-0.4, -0.2) is 37.0 Å². The van der Waals surface area contributed by atoms with E-state index in [1.807, 2.05) is 19.1 Å². The minimum Gasteiger partial charge on any atom is -0.462 e. The molecule has 0 aliphatic carbocycles. The smallest absolute Gasteiger partial charge is 0.338 e. The Balaban J connectivity index is 1.31. The van der Waals surface area contributed by atoms with Crippen molar-refractivity contribution in [3.05, 3.63) is 83.4 Å². The number of nitrogens with one attached hydrogen (secondary N) is 2.